The zero-order chi connectivity index (χ0) is 23.0. The van der Waals surface area contributed by atoms with Crippen LogP contribution in [0.5, 0.6) is 5.88 Å². The lowest BCUT2D eigenvalue weighted by atomic mass is 9.92. The number of ether oxygens (including phenoxy) is 5. The predicted molar refractivity (Wildman–Crippen MR) is 121 cm³/mol. The molecule has 8 nitrogen and oxygen atoms in total. The number of likely N-dealkylation sites (tertiary alicyclic amines) is 1. The molecule has 0 bridgehead atoms. The maximum Gasteiger partial charge on any atom is 0.410 e. The number of nitrogens with zero attached hydrogens (tertiary/aromatic N) is 2. The summed E-state index contributed by atoms with van der Waals surface area (Å²) >= 11 is 3.35. The van der Waals surface area contributed by atoms with Crippen LogP contribution in [0.1, 0.15) is 33.6 Å². The van der Waals surface area contributed by atoms with E-state index < -0.39 is 5.60 Å². The van der Waals surface area contributed by atoms with Gasteiger partial charge in [0.15, 0.2) is 0 Å². The largest absolute Gasteiger partial charge is 0.474 e. The van der Waals surface area contributed by atoms with Crippen molar-refractivity contribution in [2.45, 2.75) is 57.5 Å². The number of carbonyl (C=O) groups is 1. The van der Waals surface area contributed by atoms with Crippen LogP contribution in [0.3, 0.4) is 0 Å². The molecule has 0 unspecified atom stereocenters. The molecule has 1 saturated heterocycles. The number of hydrogen-bond acceptors (Lipinski definition) is 7. The third-order valence-electron chi connectivity index (χ3n) is 4.81. The van der Waals surface area contributed by atoms with Crippen LogP contribution in [0.25, 0.3) is 0 Å². The zero-order valence-corrected chi connectivity index (χ0v) is 20.4. The summed E-state index contributed by atoms with van der Waals surface area (Å²) in [6.45, 7) is 8.33. The van der Waals surface area contributed by atoms with Crippen LogP contribution in [-0.2, 0) is 18.9 Å². The Morgan fingerprint density at radius 3 is 2.53 bits per heavy atom. The van der Waals surface area contributed by atoms with Crippen molar-refractivity contribution in [1.29, 1.82) is 0 Å². The fraction of sp³-hybridized carbons (Fsp3) is 0.652. The molecule has 0 N–H and O–H groups in total. The second kappa shape index (κ2) is 11.8. The lowest BCUT2D eigenvalue weighted by molar-refractivity contribution is -0.0734. The van der Waals surface area contributed by atoms with Gasteiger partial charge in [0.2, 0.25) is 5.88 Å². The van der Waals surface area contributed by atoms with Crippen LogP contribution in [0.4, 0.5) is 4.79 Å². The first-order chi connectivity index (χ1) is 15.3. The van der Waals surface area contributed by atoms with Crippen LogP contribution >= 0.6 is 15.9 Å². The third-order valence-corrected chi connectivity index (χ3v) is 5.28. The quantitative estimate of drug-likeness (QED) is 0.371. The van der Waals surface area contributed by atoms with Crippen molar-refractivity contribution in [3.63, 3.8) is 0 Å². The highest BCUT2D eigenvalue weighted by Crippen LogP contribution is 2.27. The maximum absolute atomic E-state index is 11.8. The van der Waals surface area contributed by atoms with E-state index in [0.29, 0.717) is 45.4 Å². The first-order valence-electron chi connectivity index (χ1n) is 10.8. The van der Waals surface area contributed by atoms with E-state index in [9.17, 15) is 4.79 Å². The fourth-order valence-corrected chi connectivity index (χ4v) is 3.26. The van der Waals surface area contributed by atoms with Crippen molar-refractivity contribution in [1.82, 2.24) is 9.88 Å². The molecule has 9 heteroatoms. The van der Waals surface area contributed by atoms with Crippen molar-refractivity contribution in [3.8, 4) is 17.7 Å². The summed E-state index contributed by atoms with van der Waals surface area (Å²) in [5.74, 6) is 6.53. The summed E-state index contributed by atoms with van der Waals surface area (Å²) in [5, 5.41) is 0. The molecule has 1 amide bonds. The molecule has 1 aromatic heterocycles. The summed E-state index contributed by atoms with van der Waals surface area (Å²) in [5.41, 5.74) is -0.476. The molecule has 1 aliphatic heterocycles. The molecule has 0 spiro atoms. The predicted octanol–water partition coefficient (Wildman–Crippen LogP) is 3.43. The molecular formula is C23H31BrN2O6. The van der Waals surface area contributed by atoms with Crippen molar-refractivity contribution in [3.05, 3.63) is 22.8 Å². The fourth-order valence-electron chi connectivity index (χ4n) is 3.03. The number of rotatable bonds is 9. The van der Waals surface area contributed by atoms with Gasteiger partial charge in [-0.05, 0) is 42.8 Å². The van der Waals surface area contributed by atoms with Crippen LogP contribution in [0, 0.1) is 11.8 Å². The molecule has 0 atom stereocenters. The first-order valence-corrected chi connectivity index (χ1v) is 11.6. The van der Waals surface area contributed by atoms with Crippen LogP contribution < -0.4 is 4.74 Å². The Kier molecular flexibility index (Phi) is 9.17. The Bertz CT molecular complexity index is 789. The van der Waals surface area contributed by atoms with Gasteiger partial charge in [-0.1, -0.05) is 11.8 Å². The third kappa shape index (κ3) is 8.58. The standard InChI is InChI=1S/C23H31BrN2O6/c1-23(2,3)32-22(27)26-15-20(16-26)30-11-10-28-8-4-5-9-29-18-12-19(13-18)31-21-7-6-17(24)14-25-21/h6-7,14,18-20H,8-13,15-16H2,1-3H3. The summed E-state index contributed by atoms with van der Waals surface area (Å²) in [6.07, 6.45) is 3.50. The van der Waals surface area contributed by atoms with E-state index in [-0.39, 0.29) is 24.4 Å². The first kappa shape index (κ1) is 24.8. The Morgan fingerprint density at radius 2 is 1.84 bits per heavy atom. The molecule has 2 aliphatic rings. The van der Waals surface area contributed by atoms with Gasteiger partial charge in [-0.25, -0.2) is 9.78 Å². The van der Waals surface area contributed by atoms with Crippen molar-refractivity contribution >= 4 is 22.0 Å². The van der Waals surface area contributed by atoms with Gasteiger partial charge in [-0.15, -0.1) is 0 Å². The Labute approximate surface area is 198 Å². The van der Waals surface area contributed by atoms with E-state index >= 15 is 0 Å². The smallest absolute Gasteiger partial charge is 0.410 e. The van der Waals surface area contributed by atoms with Crippen molar-refractivity contribution < 1.29 is 28.5 Å². The molecule has 1 saturated carbocycles. The van der Waals surface area contributed by atoms with Gasteiger partial charge in [0.1, 0.15) is 24.9 Å². The Balaban J connectivity index is 1.12. The SMILES string of the molecule is CC(C)(C)OC(=O)N1CC(OCCOCC#CCOC2CC(Oc3ccc(Br)cn3)C2)C1. The molecule has 2 fully saturated rings. The van der Waals surface area contributed by atoms with Crippen LogP contribution in [0.2, 0.25) is 0 Å². The van der Waals surface area contributed by atoms with Gasteiger partial charge < -0.3 is 28.6 Å². The topological polar surface area (TPSA) is 79.4 Å². The van der Waals surface area contributed by atoms with Gasteiger partial charge in [0.05, 0.1) is 38.5 Å². The number of amides is 1. The highest BCUT2D eigenvalue weighted by molar-refractivity contribution is 9.10. The molecule has 32 heavy (non-hydrogen) atoms. The number of pyridine rings is 1. The second-order valence-corrected chi connectivity index (χ2v) is 9.66. The normalized spacial score (nSPS) is 20.6. The Morgan fingerprint density at radius 1 is 1.09 bits per heavy atom. The van der Waals surface area contributed by atoms with Crippen molar-refractivity contribution in [2.24, 2.45) is 0 Å². The van der Waals surface area contributed by atoms with E-state index in [0.717, 1.165) is 17.3 Å². The lowest BCUT2D eigenvalue weighted by Gasteiger charge is -2.39. The molecule has 176 valence electrons. The highest BCUT2D eigenvalue weighted by Gasteiger charge is 2.34. The van der Waals surface area contributed by atoms with Gasteiger partial charge >= 0.3 is 6.09 Å². The molecule has 0 radical (unpaired) electrons. The molecule has 2 heterocycles. The maximum atomic E-state index is 11.8. The minimum atomic E-state index is -0.476. The van der Waals surface area contributed by atoms with Crippen LogP contribution in [0.15, 0.2) is 22.8 Å². The molecular weight excluding hydrogens is 480 g/mol. The van der Waals surface area contributed by atoms with E-state index in [1.165, 1.54) is 0 Å². The van der Waals surface area contributed by atoms with Gasteiger partial charge in [0.25, 0.3) is 0 Å². The summed E-state index contributed by atoms with van der Waals surface area (Å²) < 4.78 is 28.8. The van der Waals surface area contributed by atoms with E-state index in [2.05, 4.69) is 32.8 Å². The zero-order valence-electron chi connectivity index (χ0n) is 18.8. The summed E-state index contributed by atoms with van der Waals surface area (Å²) in [7, 11) is 0. The number of hydrogen-bond donors (Lipinski definition) is 0. The summed E-state index contributed by atoms with van der Waals surface area (Å²) in [6, 6.07) is 3.76. The highest BCUT2D eigenvalue weighted by atomic mass is 79.9. The second-order valence-electron chi connectivity index (χ2n) is 8.74. The van der Waals surface area contributed by atoms with E-state index in [1.54, 1.807) is 11.1 Å². The monoisotopic (exact) mass is 510 g/mol. The Hall–Kier alpha value is -1.86. The average molecular weight is 511 g/mol. The van der Waals surface area contributed by atoms with E-state index in [4.69, 9.17) is 23.7 Å². The molecule has 0 aromatic carbocycles. The number of carbonyl (C=O) groups excluding carboxylic acids is 1. The molecule has 3 rings (SSSR count). The molecule has 1 aliphatic carbocycles. The number of halogens is 1. The van der Waals surface area contributed by atoms with Gasteiger partial charge in [-0.3, -0.25) is 0 Å². The van der Waals surface area contributed by atoms with Crippen molar-refractivity contribution in [2.75, 3.05) is 39.5 Å². The van der Waals surface area contributed by atoms with Gasteiger partial charge in [-0.2, -0.15) is 0 Å². The minimum absolute atomic E-state index is 0.0421. The minimum Gasteiger partial charge on any atom is -0.474 e. The number of aromatic nitrogens is 1. The van der Waals surface area contributed by atoms with Crippen LogP contribution in [-0.4, -0.2) is 79.4 Å². The van der Waals surface area contributed by atoms with Gasteiger partial charge in [0, 0.05) is 29.6 Å². The average Bonchev–Trinajstić information content (AvgIpc) is 2.65. The molecule has 1 aromatic rings. The lowest BCUT2D eigenvalue weighted by Crippen LogP contribution is -2.56. The summed E-state index contributed by atoms with van der Waals surface area (Å²) in [4.78, 5) is 17.7. The van der Waals surface area contributed by atoms with E-state index in [1.807, 2.05) is 32.9 Å².